The van der Waals surface area contributed by atoms with Gasteiger partial charge in [-0.25, -0.2) is 4.79 Å². The lowest BCUT2D eigenvalue weighted by Gasteiger charge is -2.25. The van der Waals surface area contributed by atoms with E-state index in [4.69, 9.17) is 14.2 Å². The molecule has 0 saturated heterocycles. The maximum absolute atomic E-state index is 12.6. The van der Waals surface area contributed by atoms with Gasteiger partial charge in [-0.3, -0.25) is 9.79 Å². The Morgan fingerprint density at radius 2 is 1.84 bits per heavy atom. The average Bonchev–Trinajstić information content (AvgIpc) is 2.88. The minimum atomic E-state index is -1.22. The fourth-order valence-corrected chi connectivity index (χ4v) is 4.06. The first kappa shape index (κ1) is 33.1. The number of aromatic nitrogens is 1. The van der Waals surface area contributed by atoms with E-state index in [9.17, 15) is 14.7 Å². The van der Waals surface area contributed by atoms with Crippen LogP contribution in [0.15, 0.2) is 51.6 Å². The monoisotopic (exact) mass is 530 g/mol. The molecular weight excluding hydrogens is 484 g/mol. The molecule has 0 aliphatic heterocycles. The number of carbonyl (C=O) groups is 1. The fraction of sp³-hybridized carbons (Fsp3) is 0.567. The van der Waals surface area contributed by atoms with Crippen LogP contribution in [0.2, 0.25) is 0 Å². The van der Waals surface area contributed by atoms with Crippen molar-refractivity contribution in [3.8, 4) is 0 Å². The lowest BCUT2D eigenvalue weighted by atomic mass is 9.86. The van der Waals surface area contributed by atoms with Crippen molar-refractivity contribution in [3.05, 3.63) is 63.3 Å². The van der Waals surface area contributed by atoms with Crippen LogP contribution in [0.25, 0.3) is 5.57 Å². The van der Waals surface area contributed by atoms with E-state index in [2.05, 4.69) is 32.7 Å². The number of pyridine rings is 1. The molecule has 1 unspecified atom stereocenters. The van der Waals surface area contributed by atoms with E-state index in [1.54, 1.807) is 21.3 Å². The first-order valence-electron chi connectivity index (χ1n) is 13.3. The summed E-state index contributed by atoms with van der Waals surface area (Å²) in [5.74, 6) is 0.244. The van der Waals surface area contributed by atoms with Crippen molar-refractivity contribution in [1.29, 1.82) is 0 Å². The summed E-state index contributed by atoms with van der Waals surface area (Å²) in [4.78, 5) is 28.7. The van der Waals surface area contributed by atoms with Crippen LogP contribution in [0.1, 0.15) is 69.9 Å². The summed E-state index contributed by atoms with van der Waals surface area (Å²) in [5.41, 5.74) is 2.57. The van der Waals surface area contributed by atoms with E-state index in [1.165, 1.54) is 12.3 Å². The van der Waals surface area contributed by atoms with Gasteiger partial charge in [0.25, 0.3) is 0 Å². The number of rotatable bonds is 13. The van der Waals surface area contributed by atoms with E-state index in [1.807, 2.05) is 29.7 Å². The largest absolute Gasteiger partial charge is 0.491 e. The summed E-state index contributed by atoms with van der Waals surface area (Å²) in [5, 5.41) is 9.44. The number of aromatic carboxylic acids is 1. The highest BCUT2D eigenvalue weighted by atomic mass is 16.5. The molecule has 0 bridgehead atoms. The normalized spacial score (nSPS) is 16.1. The van der Waals surface area contributed by atoms with Crippen LogP contribution in [0, 0.1) is 11.8 Å². The number of allylic oxidation sites excluding steroid dienone is 5. The Bertz CT molecular complexity index is 1080. The highest BCUT2D eigenvalue weighted by Crippen LogP contribution is 2.33. The number of aryl methyl sites for hydroxylation is 1. The van der Waals surface area contributed by atoms with Gasteiger partial charge in [-0.1, -0.05) is 46.8 Å². The predicted molar refractivity (Wildman–Crippen MR) is 154 cm³/mol. The smallest absolute Gasteiger partial charge is 0.341 e. The maximum Gasteiger partial charge on any atom is 0.341 e. The van der Waals surface area contributed by atoms with Gasteiger partial charge < -0.3 is 23.9 Å². The molecule has 0 amide bonds. The summed E-state index contributed by atoms with van der Waals surface area (Å²) in [6, 6.07) is 1.45. The van der Waals surface area contributed by atoms with Crippen molar-refractivity contribution in [2.75, 3.05) is 41.1 Å². The second kappa shape index (κ2) is 17.5. The molecule has 1 N–H and O–H groups in total. The molecule has 1 heterocycles. The van der Waals surface area contributed by atoms with E-state index in [0.29, 0.717) is 31.4 Å². The van der Waals surface area contributed by atoms with Crippen molar-refractivity contribution in [3.63, 3.8) is 0 Å². The van der Waals surface area contributed by atoms with E-state index >= 15 is 0 Å². The summed E-state index contributed by atoms with van der Waals surface area (Å²) < 4.78 is 17.8. The van der Waals surface area contributed by atoms with Crippen LogP contribution in [-0.2, 0) is 20.8 Å². The van der Waals surface area contributed by atoms with Crippen molar-refractivity contribution in [2.45, 2.75) is 60.4 Å². The minimum Gasteiger partial charge on any atom is -0.491 e. The zero-order valence-corrected chi connectivity index (χ0v) is 24.4. The SMILES string of the molecule is CCCn1cc(C(=O)O)c(=O)cc1/C(=C1\C=CC=C(OCCCOC)C1=NC)C(C)CC.COCC(C)C. The van der Waals surface area contributed by atoms with Gasteiger partial charge in [0.15, 0.2) is 5.43 Å². The Morgan fingerprint density at radius 3 is 2.34 bits per heavy atom. The lowest BCUT2D eigenvalue weighted by Crippen LogP contribution is -2.23. The number of carboxylic acids is 1. The number of methoxy groups -OCH3 is 2. The molecule has 0 spiro atoms. The molecule has 8 heteroatoms. The van der Waals surface area contributed by atoms with Crippen LogP contribution in [0.4, 0.5) is 0 Å². The van der Waals surface area contributed by atoms with Crippen molar-refractivity contribution >= 4 is 17.3 Å². The van der Waals surface area contributed by atoms with Crippen LogP contribution >= 0.6 is 0 Å². The Morgan fingerprint density at radius 1 is 1.13 bits per heavy atom. The molecule has 0 saturated carbocycles. The minimum absolute atomic E-state index is 0.109. The second-order valence-electron chi connectivity index (χ2n) is 9.58. The van der Waals surface area contributed by atoms with Gasteiger partial charge in [0, 0.05) is 71.0 Å². The average molecular weight is 531 g/mol. The van der Waals surface area contributed by atoms with Gasteiger partial charge in [0.2, 0.25) is 0 Å². The summed E-state index contributed by atoms with van der Waals surface area (Å²) in [7, 11) is 5.11. The Hall–Kier alpha value is -2.97. The molecule has 1 aromatic rings. The second-order valence-corrected chi connectivity index (χ2v) is 9.58. The van der Waals surface area contributed by atoms with Crippen LogP contribution in [0.5, 0.6) is 0 Å². The highest BCUT2D eigenvalue weighted by Gasteiger charge is 2.25. The van der Waals surface area contributed by atoms with E-state index < -0.39 is 11.4 Å². The van der Waals surface area contributed by atoms with Crippen molar-refractivity contribution in [2.24, 2.45) is 16.8 Å². The van der Waals surface area contributed by atoms with Crippen LogP contribution in [0.3, 0.4) is 0 Å². The molecule has 1 aliphatic carbocycles. The summed E-state index contributed by atoms with van der Waals surface area (Å²) in [6.07, 6.45) is 9.66. The standard InChI is InChI=1S/C25H34N2O5.C5H12O/c1-6-12-27-16-19(25(29)30)21(28)15-20(27)23(17(3)7-2)18-10-8-11-22(24(18)26-4)32-14-9-13-31-5;1-5(2)4-6-3/h8,10-11,15-17H,6-7,9,12-14H2,1-5H3,(H,29,30);5H,4H2,1-3H3/b23-18+,26-24?;. The van der Waals surface area contributed by atoms with Gasteiger partial charge >= 0.3 is 5.97 Å². The zero-order chi connectivity index (χ0) is 28.7. The highest BCUT2D eigenvalue weighted by molar-refractivity contribution is 6.18. The van der Waals surface area contributed by atoms with Crippen molar-refractivity contribution in [1.82, 2.24) is 4.57 Å². The first-order chi connectivity index (χ1) is 18.2. The molecular formula is C30H46N2O6. The molecule has 0 radical (unpaired) electrons. The quantitative estimate of drug-likeness (QED) is 0.332. The molecule has 2 rings (SSSR count). The lowest BCUT2D eigenvalue weighted by molar-refractivity contribution is 0.0694. The third-order valence-electron chi connectivity index (χ3n) is 5.97. The number of nitrogens with zero attached hydrogens (tertiary/aromatic N) is 2. The third-order valence-corrected chi connectivity index (χ3v) is 5.97. The number of carboxylic acid groups (broad SMARTS) is 1. The predicted octanol–water partition coefficient (Wildman–Crippen LogP) is 5.62. The molecule has 0 fully saturated rings. The topological polar surface area (TPSA) is 99.4 Å². The molecule has 212 valence electrons. The van der Waals surface area contributed by atoms with Crippen LogP contribution in [-0.4, -0.2) is 62.4 Å². The van der Waals surface area contributed by atoms with Crippen LogP contribution < -0.4 is 5.43 Å². The number of hydrogen-bond acceptors (Lipinski definition) is 6. The number of ether oxygens (including phenoxy) is 3. The Labute approximate surface area is 227 Å². The van der Waals surface area contributed by atoms with Gasteiger partial charge in [-0.2, -0.15) is 0 Å². The molecule has 38 heavy (non-hydrogen) atoms. The fourth-order valence-electron chi connectivity index (χ4n) is 4.06. The van der Waals surface area contributed by atoms with Crippen molar-refractivity contribution < 1.29 is 24.1 Å². The first-order valence-corrected chi connectivity index (χ1v) is 13.3. The van der Waals surface area contributed by atoms with Gasteiger partial charge in [0.05, 0.1) is 6.61 Å². The third kappa shape index (κ3) is 9.72. The number of aliphatic imine (C=N–C) groups is 1. The molecule has 0 aromatic carbocycles. The zero-order valence-electron chi connectivity index (χ0n) is 24.4. The summed E-state index contributed by atoms with van der Waals surface area (Å²) >= 11 is 0. The number of hydrogen-bond donors (Lipinski definition) is 1. The van der Waals surface area contributed by atoms with Gasteiger partial charge in [-0.15, -0.1) is 0 Å². The summed E-state index contributed by atoms with van der Waals surface area (Å²) in [6.45, 7) is 13.1. The Kier molecular flexibility index (Phi) is 15.2. The molecule has 8 nitrogen and oxygen atoms in total. The van der Waals surface area contributed by atoms with E-state index in [0.717, 1.165) is 48.4 Å². The van der Waals surface area contributed by atoms with Gasteiger partial charge in [-0.05, 0) is 36.3 Å². The van der Waals surface area contributed by atoms with Gasteiger partial charge in [0.1, 0.15) is 17.0 Å². The Balaban J connectivity index is 0.00000107. The molecule has 1 aliphatic rings. The molecule has 1 atom stereocenters. The molecule has 1 aromatic heterocycles. The maximum atomic E-state index is 12.6. The van der Waals surface area contributed by atoms with E-state index in [-0.39, 0.29) is 11.5 Å².